The van der Waals surface area contributed by atoms with Gasteiger partial charge in [0.1, 0.15) is 17.8 Å². The maximum absolute atomic E-state index is 13.6. The summed E-state index contributed by atoms with van der Waals surface area (Å²) < 4.78 is 5.89. The molecule has 5 heterocycles. The first kappa shape index (κ1) is 27.7. The smallest absolute Gasteiger partial charge is 0.289 e. The number of fused-ring (bicyclic) bond motifs is 1. The third kappa shape index (κ3) is 4.10. The summed E-state index contributed by atoms with van der Waals surface area (Å²) in [5.74, 6) is -3.39. The Hall–Kier alpha value is -4.50. The number of para-hydroxylation sites is 1. The third-order valence-corrected chi connectivity index (χ3v) is 8.53. The van der Waals surface area contributed by atoms with E-state index in [1.165, 1.54) is 17.3 Å². The van der Waals surface area contributed by atoms with Crippen LogP contribution in [0.15, 0.2) is 40.6 Å². The molecular formula is C27H34N10O5. The molecule has 4 atom stereocenters. The summed E-state index contributed by atoms with van der Waals surface area (Å²) >= 11 is 0. The molecule has 0 aliphatic carbocycles. The first-order valence-electron chi connectivity index (χ1n) is 13.7. The Balaban J connectivity index is 1.26. The van der Waals surface area contributed by atoms with Crippen LogP contribution >= 0.6 is 0 Å². The van der Waals surface area contributed by atoms with Crippen molar-refractivity contribution in [2.45, 2.75) is 62.2 Å². The third-order valence-electron chi connectivity index (χ3n) is 8.53. The van der Waals surface area contributed by atoms with Gasteiger partial charge in [0.2, 0.25) is 11.6 Å². The molecule has 42 heavy (non-hydrogen) atoms. The van der Waals surface area contributed by atoms with Crippen LogP contribution in [0.2, 0.25) is 0 Å². The number of carbonyl (C=O) groups is 2. The highest BCUT2D eigenvalue weighted by Gasteiger charge is 2.73. The number of aliphatic imine (C=N–C) groups is 2. The zero-order valence-electron chi connectivity index (χ0n) is 23.5. The van der Waals surface area contributed by atoms with Crippen LogP contribution in [0.1, 0.15) is 52.4 Å². The second kappa shape index (κ2) is 9.52. The number of aliphatic hydroxyl groups is 2. The molecule has 1 aromatic heterocycles. The molecule has 9 N–H and O–H groups in total. The van der Waals surface area contributed by atoms with Crippen molar-refractivity contribution in [3.05, 3.63) is 53.1 Å². The van der Waals surface area contributed by atoms with Crippen LogP contribution in [0.25, 0.3) is 0 Å². The number of aromatic nitrogens is 2. The van der Waals surface area contributed by atoms with Crippen LogP contribution in [-0.2, 0) is 5.41 Å². The van der Waals surface area contributed by atoms with Crippen molar-refractivity contribution in [1.29, 1.82) is 0 Å². The molecule has 1 aromatic carbocycles. The highest BCUT2D eigenvalue weighted by molar-refractivity contribution is 5.98. The second-order valence-electron chi connectivity index (χ2n) is 11.7. The molecule has 1 saturated heterocycles. The quantitative estimate of drug-likeness (QED) is 0.193. The first-order chi connectivity index (χ1) is 19.8. The monoisotopic (exact) mass is 578 g/mol. The molecule has 0 bridgehead atoms. The number of ether oxygens (including phenoxy) is 1. The van der Waals surface area contributed by atoms with Gasteiger partial charge in [-0.2, -0.15) is 0 Å². The van der Waals surface area contributed by atoms with Crippen molar-refractivity contribution in [1.82, 2.24) is 30.8 Å². The van der Waals surface area contributed by atoms with E-state index in [9.17, 15) is 19.8 Å². The maximum atomic E-state index is 13.6. The van der Waals surface area contributed by atoms with Crippen LogP contribution in [0.5, 0.6) is 5.75 Å². The minimum atomic E-state index is -2.63. The lowest BCUT2D eigenvalue weighted by molar-refractivity contribution is -0.230. The summed E-state index contributed by atoms with van der Waals surface area (Å²) in [4.78, 5) is 44.7. The topological polar surface area (TPSA) is 226 Å². The molecule has 15 heteroatoms. The molecule has 0 saturated carbocycles. The SMILES string of the molecule is Cc1cnc(C(=O)NC[C@@H]2N=C(N)N3CC(NC(=O)c4cccc5c4OCCC5(C)C)C(O)(O)[C@@]34NC(N)=N[C@@H]24)nc1. The van der Waals surface area contributed by atoms with E-state index in [0.717, 1.165) is 17.5 Å². The highest BCUT2D eigenvalue weighted by atomic mass is 16.5. The molecule has 0 radical (unpaired) electrons. The van der Waals surface area contributed by atoms with Crippen molar-refractivity contribution in [2.75, 3.05) is 19.7 Å². The first-order valence-corrected chi connectivity index (χ1v) is 13.7. The molecule has 2 amide bonds. The lowest BCUT2D eigenvalue weighted by Crippen LogP contribution is -2.78. The van der Waals surface area contributed by atoms with Gasteiger partial charge in [0.05, 0.1) is 18.2 Å². The van der Waals surface area contributed by atoms with Gasteiger partial charge < -0.3 is 47.3 Å². The number of carbonyl (C=O) groups excluding carboxylic acids is 2. The Morgan fingerprint density at radius 2 is 1.90 bits per heavy atom. The van der Waals surface area contributed by atoms with Gasteiger partial charge in [-0.05, 0) is 30.4 Å². The van der Waals surface area contributed by atoms with Crippen LogP contribution in [0.3, 0.4) is 0 Å². The molecule has 1 fully saturated rings. The van der Waals surface area contributed by atoms with Gasteiger partial charge in [0.25, 0.3) is 11.8 Å². The van der Waals surface area contributed by atoms with Gasteiger partial charge in [-0.25, -0.2) is 20.0 Å². The van der Waals surface area contributed by atoms with Crippen molar-refractivity contribution in [2.24, 2.45) is 21.5 Å². The predicted octanol–water partition coefficient (Wildman–Crippen LogP) is -1.95. The molecule has 1 spiro atoms. The maximum Gasteiger partial charge on any atom is 0.289 e. The summed E-state index contributed by atoms with van der Waals surface area (Å²) in [7, 11) is 0. The van der Waals surface area contributed by atoms with Crippen molar-refractivity contribution < 1.29 is 24.5 Å². The predicted molar refractivity (Wildman–Crippen MR) is 150 cm³/mol. The van der Waals surface area contributed by atoms with Crippen LogP contribution in [0.4, 0.5) is 0 Å². The molecule has 4 aliphatic rings. The normalized spacial score (nSPS) is 28.2. The molecule has 4 aliphatic heterocycles. The van der Waals surface area contributed by atoms with Gasteiger partial charge in [-0.3, -0.25) is 9.59 Å². The Labute approximate surface area is 241 Å². The van der Waals surface area contributed by atoms with Crippen molar-refractivity contribution >= 4 is 23.7 Å². The number of guanidine groups is 2. The number of hydrogen-bond acceptors (Lipinski definition) is 13. The molecule has 6 rings (SSSR count). The molecular weight excluding hydrogens is 544 g/mol. The summed E-state index contributed by atoms with van der Waals surface area (Å²) in [6.45, 7) is 6.24. The Morgan fingerprint density at radius 3 is 2.64 bits per heavy atom. The minimum Gasteiger partial charge on any atom is -0.492 e. The lowest BCUT2D eigenvalue weighted by atomic mass is 9.79. The fourth-order valence-corrected chi connectivity index (χ4v) is 6.22. The van der Waals surface area contributed by atoms with E-state index in [1.54, 1.807) is 19.1 Å². The molecule has 1 unspecified atom stereocenters. The Bertz CT molecular complexity index is 1510. The Morgan fingerprint density at radius 1 is 1.17 bits per heavy atom. The summed E-state index contributed by atoms with van der Waals surface area (Å²) in [6.07, 6.45) is 3.84. The molecule has 15 nitrogen and oxygen atoms in total. The average Bonchev–Trinajstić information content (AvgIpc) is 3.41. The fraction of sp³-hybridized carbons (Fsp3) is 0.481. The Kier molecular flexibility index (Phi) is 6.27. The number of nitrogens with two attached hydrogens (primary N) is 2. The van der Waals surface area contributed by atoms with E-state index in [4.69, 9.17) is 16.2 Å². The standard InChI is InChI=1S/C27H34N10O5/c1-13-9-30-20(31-10-13)22(39)32-11-16-19-26(36-23(28)35-19)27(40,41)17(12-37(26)24(29)33-16)34-21(38)14-5-4-6-15-18(14)42-8-7-25(15,2)3/h4-6,9-10,16-17,19,40-41H,7-8,11-12H2,1-3H3,(H2,29,33)(H,32,39)(H,34,38)(H3,28,35,36)/t16-,17?,19-,26-/m0/s1. The number of nitrogens with one attached hydrogen (secondary N) is 3. The minimum absolute atomic E-state index is 0.0324. The van der Waals surface area contributed by atoms with Crippen molar-refractivity contribution in [3.8, 4) is 5.75 Å². The summed E-state index contributed by atoms with van der Waals surface area (Å²) in [6, 6.07) is 2.27. The zero-order valence-corrected chi connectivity index (χ0v) is 23.5. The van der Waals surface area contributed by atoms with E-state index in [1.807, 2.05) is 6.07 Å². The van der Waals surface area contributed by atoms with Crippen LogP contribution < -0.4 is 32.2 Å². The molecule has 222 valence electrons. The van der Waals surface area contributed by atoms with Gasteiger partial charge in [0.15, 0.2) is 17.6 Å². The van der Waals surface area contributed by atoms with Gasteiger partial charge in [-0.15, -0.1) is 0 Å². The highest BCUT2D eigenvalue weighted by Crippen LogP contribution is 2.45. The van der Waals surface area contributed by atoms with Gasteiger partial charge in [0, 0.05) is 31.0 Å². The van der Waals surface area contributed by atoms with E-state index in [-0.39, 0.29) is 41.8 Å². The van der Waals surface area contributed by atoms with E-state index < -0.39 is 41.4 Å². The fourth-order valence-electron chi connectivity index (χ4n) is 6.22. The number of rotatable bonds is 5. The number of nitrogens with zero attached hydrogens (tertiary/aromatic N) is 5. The van der Waals surface area contributed by atoms with Crippen molar-refractivity contribution in [3.63, 3.8) is 0 Å². The number of amides is 2. The molecule has 2 aromatic rings. The van der Waals surface area contributed by atoms with Crippen LogP contribution in [-0.4, -0.2) is 98.1 Å². The number of aryl methyl sites for hydroxylation is 1. The van der Waals surface area contributed by atoms with Crippen LogP contribution in [0, 0.1) is 6.92 Å². The average molecular weight is 579 g/mol. The van der Waals surface area contributed by atoms with E-state index >= 15 is 0 Å². The number of hydrogen-bond donors (Lipinski definition) is 7. The van der Waals surface area contributed by atoms with E-state index in [2.05, 4.69) is 49.8 Å². The van der Waals surface area contributed by atoms with E-state index in [0.29, 0.717) is 12.4 Å². The summed E-state index contributed by atoms with van der Waals surface area (Å²) in [5.41, 5.74) is 12.4. The second-order valence-corrected chi connectivity index (χ2v) is 11.7. The summed E-state index contributed by atoms with van der Waals surface area (Å²) in [5, 5.41) is 31.8. The zero-order chi connectivity index (χ0) is 30.0. The largest absolute Gasteiger partial charge is 0.492 e. The lowest BCUT2D eigenvalue weighted by Gasteiger charge is -2.49. The van der Waals surface area contributed by atoms with Gasteiger partial charge >= 0.3 is 0 Å². The number of benzene rings is 1. The van der Waals surface area contributed by atoms with Gasteiger partial charge in [-0.1, -0.05) is 26.0 Å².